The molecule has 2 amide bonds. The fourth-order valence-corrected chi connectivity index (χ4v) is 2.04. The molecule has 0 heterocycles. The van der Waals surface area contributed by atoms with Crippen molar-refractivity contribution in [2.24, 2.45) is 0 Å². The first-order valence-corrected chi connectivity index (χ1v) is 6.71. The van der Waals surface area contributed by atoms with E-state index in [0.717, 1.165) is 6.42 Å². The lowest BCUT2D eigenvalue weighted by atomic mass is 10.2. The minimum absolute atomic E-state index is 0.0588. The molecule has 0 aromatic heterocycles. The zero-order chi connectivity index (χ0) is 14.4. The van der Waals surface area contributed by atoms with Gasteiger partial charge in [0.1, 0.15) is 6.54 Å². The molecule has 1 aromatic rings. The molecule has 4 nitrogen and oxygen atoms in total. The Morgan fingerprint density at radius 1 is 1.32 bits per heavy atom. The molecular weight excluding hydrogens is 287 g/mol. The van der Waals surface area contributed by atoms with E-state index in [-0.39, 0.29) is 18.4 Å². The van der Waals surface area contributed by atoms with Gasteiger partial charge >= 0.3 is 0 Å². The smallest absolute Gasteiger partial charge is 0.240 e. The predicted octanol–water partition coefficient (Wildman–Crippen LogP) is 2.87. The molecule has 0 atom stereocenters. The maximum absolute atomic E-state index is 11.7. The first-order valence-electron chi connectivity index (χ1n) is 5.95. The van der Waals surface area contributed by atoms with Gasteiger partial charge in [0.25, 0.3) is 0 Å². The van der Waals surface area contributed by atoms with E-state index < -0.39 is 0 Å². The van der Waals surface area contributed by atoms with Crippen LogP contribution in [0, 0.1) is 0 Å². The van der Waals surface area contributed by atoms with Gasteiger partial charge in [-0.1, -0.05) is 30.1 Å². The van der Waals surface area contributed by atoms with Gasteiger partial charge in [-0.25, -0.2) is 0 Å². The van der Waals surface area contributed by atoms with Crippen LogP contribution < -0.4 is 10.2 Å². The van der Waals surface area contributed by atoms with Gasteiger partial charge in [0, 0.05) is 18.5 Å². The standard InChI is InChI=1S/C13H16Cl2N2O2/c1-3-6-16-13(19)8-17(9(2)18)12-5-4-10(14)7-11(12)15/h4-5,7H,3,6,8H2,1-2H3,(H,16,19). The van der Waals surface area contributed by atoms with E-state index in [1.165, 1.54) is 11.8 Å². The maximum Gasteiger partial charge on any atom is 0.240 e. The van der Waals surface area contributed by atoms with Crippen molar-refractivity contribution in [2.75, 3.05) is 18.0 Å². The van der Waals surface area contributed by atoms with Crippen molar-refractivity contribution in [2.45, 2.75) is 20.3 Å². The van der Waals surface area contributed by atoms with Gasteiger partial charge in [0.15, 0.2) is 0 Å². The zero-order valence-corrected chi connectivity index (χ0v) is 12.4. The van der Waals surface area contributed by atoms with Gasteiger partial charge in [-0.3, -0.25) is 9.59 Å². The quantitative estimate of drug-likeness (QED) is 0.909. The van der Waals surface area contributed by atoms with Gasteiger partial charge in [0.2, 0.25) is 11.8 Å². The van der Waals surface area contributed by atoms with Crippen LogP contribution >= 0.6 is 23.2 Å². The SMILES string of the molecule is CCCNC(=O)CN(C(C)=O)c1ccc(Cl)cc1Cl. The molecule has 0 saturated heterocycles. The zero-order valence-electron chi connectivity index (χ0n) is 10.9. The lowest BCUT2D eigenvalue weighted by Crippen LogP contribution is -2.40. The maximum atomic E-state index is 11.7. The molecule has 0 fully saturated rings. The first-order chi connectivity index (χ1) is 8.95. The van der Waals surface area contributed by atoms with E-state index in [4.69, 9.17) is 23.2 Å². The molecule has 0 spiro atoms. The van der Waals surface area contributed by atoms with E-state index in [2.05, 4.69) is 5.32 Å². The van der Waals surface area contributed by atoms with Gasteiger partial charge in [0.05, 0.1) is 10.7 Å². The summed E-state index contributed by atoms with van der Waals surface area (Å²) in [5.74, 6) is -0.473. The molecule has 0 unspecified atom stereocenters. The van der Waals surface area contributed by atoms with Crippen LogP contribution in [0.3, 0.4) is 0 Å². The summed E-state index contributed by atoms with van der Waals surface area (Å²) in [6, 6.07) is 4.79. The van der Waals surface area contributed by atoms with Crippen molar-refractivity contribution >= 4 is 40.7 Å². The van der Waals surface area contributed by atoms with E-state index in [1.54, 1.807) is 18.2 Å². The van der Waals surface area contributed by atoms with Crippen LogP contribution in [-0.2, 0) is 9.59 Å². The molecule has 0 saturated carbocycles. The highest BCUT2D eigenvalue weighted by atomic mass is 35.5. The molecule has 0 bridgehead atoms. The fourth-order valence-electron chi connectivity index (χ4n) is 1.53. The molecule has 6 heteroatoms. The van der Waals surface area contributed by atoms with Crippen LogP contribution in [0.4, 0.5) is 5.69 Å². The van der Waals surface area contributed by atoms with Crippen molar-refractivity contribution < 1.29 is 9.59 Å². The van der Waals surface area contributed by atoms with Crippen LogP contribution in [-0.4, -0.2) is 24.9 Å². The summed E-state index contributed by atoms with van der Waals surface area (Å²) in [5.41, 5.74) is 0.477. The molecule has 0 radical (unpaired) electrons. The lowest BCUT2D eigenvalue weighted by molar-refractivity contribution is -0.123. The highest BCUT2D eigenvalue weighted by Gasteiger charge is 2.18. The molecule has 19 heavy (non-hydrogen) atoms. The number of carbonyl (C=O) groups excluding carboxylic acids is 2. The monoisotopic (exact) mass is 302 g/mol. The van der Waals surface area contributed by atoms with Crippen LogP contribution in [0.5, 0.6) is 0 Å². The summed E-state index contributed by atoms with van der Waals surface area (Å²) in [4.78, 5) is 24.7. The average Bonchev–Trinajstić information content (AvgIpc) is 2.34. The van der Waals surface area contributed by atoms with Crippen molar-refractivity contribution in [1.29, 1.82) is 0 Å². The summed E-state index contributed by atoms with van der Waals surface area (Å²) in [6.45, 7) is 3.87. The number of nitrogens with zero attached hydrogens (tertiary/aromatic N) is 1. The van der Waals surface area contributed by atoms with Gasteiger partial charge in [-0.05, 0) is 24.6 Å². The highest BCUT2D eigenvalue weighted by molar-refractivity contribution is 6.36. The Morgan fingerprint density at radius 3 is 2.53 bits per heavy atom. The third-order valence-corrected chi connectivity index (χ3v) is 2.99. The second-order valence-corrected chi connectivity index (χ2v) is 4.89. The fraction of sp³-hybridized carbons (Fsp3) is 0.385. The number of halogens is 2. The van der Waals surface area contributed by atoms with Crippen molar-refractivity contribution in [3.8, 4) is 0 Å². The molecule has 1 rings (SSSR count). The number of benzene rings is 1. The third kappa shape index (κ3) is 4.73. The molecule has 0 aliphatic heterocycles. The Kier molecular flexibility index (Phi) is 6.12. The van der Waals surface area contributed by atoms with Crippen LogP contribution in [0.25, 0.3) is 0 Å². The minimum Gasteiger partial charge on any atom is -0.355 e. The second kappa shape index (κ2) is 7.36. The van der Waals surface area contributed by atoms with E-state index >= 15 is 0 Å². The molecule has 104 valence electrons. The number of rotatable bonds is 5. The van der Waals surface area contributed by atoms with Crippen LogP contribution in [0.15, 0.2) is 18.2 Å². The number of hydrogen-bond donors (Lipinski definition) is 1. The number of nitrogens with one attached hydrogen (secondary N) is 1. The Hall–Kier alpha value is -1.26. The van der Waals surface area contributed by atoms with E-state index in [9.17, 15) is 9.59 Å². The van der Waals surface area contributed by atoms with E-state index in [0.29, 0.717) is 22.3 Å². The first kappa shape index (κ1) is 15.8. The summed E-state index contributed by atoms with van der Waals surface area (Å²) in [5, 5.41) is 3.53. The van der Waals surface area contributed by atoms with Gasteiger partial charge < -0.3 is 10.2 Å². The number of carbonyl (C=O) groups is 2. The highest BCUT2D eigenvalue weighted by Crippen LogP contribution is 2.28. The summed E-state index contributed by atoms with van der Waals surface area (Å²) in [6.07, 6.45) is 0.841. The Morgan fingerprint density at radius 2 is 2.00 bits per heavy atom. The van der Waals surface area contributed by atoms with Gasteiger partial charge in [-0.15, -0.1) is 0 Å². The van der Waals surface area contributed by atoms with Gasteiger partial charge in [-0.2, -0.15) is 0 Å². The van der Waals surface area contributed by atoms with Crippen molar-refractivity contribution in [3.05, 3.63) is 28.2 Å². The van der Waals surface area contributed by atoms with Crippen molar-refractivity contribution in [1.82, 2.24) is 5.32 Å². The molecule has 0 aliphatic carbocycles. The van der Waals surface area contributed by atoms with Crippen LogP contribution in [0.2, 0.25) is 10.0 Å². The van der Waals surface area contributed by atoms with E-state index in [1.807, 2.05) is 6.92 Å². The largest absolute Gasteiger partial charge is 0.355 e. The Balaban J connectivity index is 2.88. The number of hydrogen-bond acceptors (Lipinski definition) is 2. The molecule has 0 aliphatic rings. The predicted molar refractivity (Wildman–Crippen MR) is 77.8 cm³/mol. The summed E-state index contributed by atoms with van der Waals surface area (Å²) < 4.78 is 0. The molecule has 1 aromatic carbocycles. The Labute approximate surface area is 122 Å². The topological polar surface area (TPSA) is 49.4 Å². The third-order valence-electron chi connectivity index (χ3n) is 2.45. The normalized spacial score (nSPS) is 10.1. The summed E-state index contributed by atoms with van der Waals surface area (Å²) in [7, 11) is 0. The average molecular weight is 303 g/mol. The number of amides is 2. The minimum atomic E-state index is -0.254. The lowest BCUT2D eigenvalue weighted by Gasteiger charge is -2.21. The van der Waals surface area contributed by atoms with Crippen molar-refractivity contribution in [3.63, 3.8) is 0 Å². The second-order valence-electron chi connectivity index (χ2n) is 4.05. The van der Waals surface area contributed by atoms with Crippen LogP contribution in [0.1, 0.15) is 20.3 Å². The Bertz CT molecular complexity index is 478. The number of anilines is 1. The summed E-state index contributed by atoms with van der Waals surface area (Å²) >= 11 is 11.9. The molecular formula is C13H16Cl2N2O2. The molecule has 1 N–H and O–H groups in total.